The second-order valence-electron chi connectivity index (χ2n) is 5.57. The highest BCUT2D eigenvalue weighted by Gasteiger charge is 2.29. The molecule has 0 saturated carbocycles. The van der Waals surface area contributed by atoms with Crippen molar-refractivity contribution in [2.24, 2.45) is 0 Å². The van der Waals surface area contributed by atoms with Crippen molar-refractivity contribution in [1.82, 2.24) is 5.32 Å². The number of hydrogen-bond donors (Lipinski definition) is 2. The van der Waals surface area contributed by atoms with Crippen LogP contribution in [-0.2, 0) is 16.6 Å². The van der Waals surface area contributed by atoms with Crippen molar-refractivity contribution in [2.45, 2.75) is 52.1 Å². The summed E-state index contributed by atoms with van der Waals surface area (Å²) in [5.74, 6) is -0.00241. The molecule has 1 aromatic rings. The topological polar surface area (TPSA) is 49.3 Å². The van der Waals surface area contributed by atoms with Gasteiger partial charge in [-0.2, -0.15) is 0 Å². The van der Waals surface area contributed by atoms with Gasteiger partial charge in [0.15, 0.2) is 0 Å². The molecule has 0 radical (unpaired) electrons. The second kappa shape index (κ2) is 6.71. The lowest BCUT2D eigenvalue weighted by molar-refractivity contribution is -0.125. The van der Waals surface area contributed by atoms with Crippen LogP contribution in [0.3, 0.4) is 0 Å². The molecule has 1 amide bonds. The number of aryl methyl sites for hydroxylation is 1. The summed E-state index contributed by atoms with van der Waals surface area (Å²) in [6.45, 7) is 8.19. The fraction of sp³-hybridized carbons (Fsp3) is 0.562. The molecule has 1 aromatic carbocycles. The van der Waals surface area contributed by atoms with E-state index in [1.807, 2.05) is 26.0 Å². The SMILES string of the molecule is CCc1ccc(C(C)(C)C(=O)NCCC(C)O)cc1. The molecule has 0 heterocycles. The van der Waals surface area contributed by atoms with Crippen LogP contribution in [0.15, 0.2) is 24.3 Å². The molecule has 0 bridgehead atoms. The minimum Gasteiger partial charge on any atom is -0.393 e. The molecule has 0 aromatic heterocycles. The molecular formula is C16H25NO2. The first kappa shape index (κ1) is 15.7. The Morgan fingerprint density at radius 3 is 2.37 bits per heavy atom. The molecule has 19 heavy (non-hydrogen) atoms. The van der Waals surface area contributed by atoms with E-state index in [1.165, 1.54) is 5.56 Å². The Hall–Kier alpha value is -1.35. The van der Waals surface area contributed by atoms with Crippen LogP contribution in [0, 0.1) is 0 Å². The number of aliphatic hydroxyl groups excluding tert-OH is 1. The lowest BCUT2D eigenvalue weighted by Crippen LogP contribution is -2.41. The fourth-order valence-electron chi connectivity index (χ4n) is 1.90. The van der Waals surface area contributed by atoms with Crippen molar-refractivity contribution in [3.05, 3.63) is 35.4 Å². The monoisotopic (exact) mass is 263 g/mol. The summed E-state index contributed by atoms with van der Waals surface area (Å²) in [6, 6.07) is 8.18. The van der Waals surface area contributed by atoms with Gasteiger partial charge in [-0.3, -0.25) is 4.79 Å². The van der Waals surface area contributed by atoms with E-state index in [9.17, 15) is 9.90 Å². The van der Waals surface area contributed by atoms with Gasteiger partial charge in [0, 0.05) is 6.54 Å². The second-order valence-corrected chi connectivity index (χ2v) is 5.57. The standard InChI is InChI=1S/C16H25NO2/c1-5-13-6-8-14(9-7-13)16(3,4)15(19)17-11-10-12(2)18/h6-9,12,18H,5,10-11H2,1-4H3,(H,17,19). The molecule has 1 rings (SSSR count). The van der Waals surface area contributed by atoms with Gasteiger partial charge in [-0.15, -0.1) is 0 Å². The number of benzene rings is 1. The molecular weight excluding hydrogens is 238 g/mol. The summed E-state index contributed by atoms with van der Waals surface area (Å²) >= 11 is 0. The maximum absolute atomic E-state index is 12.2. The zero-order valence-electron chi connectivity index (χ0n) is 12.4. The van der Waals surface area contributed by atoms with Crippen LogP contribution >= 0.6 is 0 Å². The van der Waals surface area contributed by atoms with Crippen LogP contribution in [0.1, 0.15) is 45.2 Å². The Morgan fingerprint density at radius 1 is 1.32 bits per heavy atom. The average molecular weight is 263 g/mol. The van der Waals surface area contributed by atoms with E-state index in [0.717, 1.165) is 12.0 Å². The molecule has 2 N–H and O–H groups in total. The number of nitrogens with one attached hydrogen (secondary N) is 1. The summed E-state index contributed by atoms with van der Waals surface area (Å²) in [7, 11) is 0. The largest absolute Gasteiger partial charge is 0.393 e. The molecule has 3 heteroatoms. The van der Waals surface area contributed by atoms with Gasteiger partial charge in [-0.25, -0.2) is 0 Å². The minimum atomic E-state index is -0.551. The molecule has 0 aliphatic carbocycles. The van der Waals surface area contributed by atoms with Crippen molar-refractivity contribution in [3.63, 3.8) is 0 Å². The molecule has 106 valence electrons. The zero-order chi connectivity index (χ0) is 14.5. The number of rotatable bonds is 6. The van der Waals surface area contributed by atoms with E-state index in [-0.39, 0.29) is 12.0 Å². The summed E-state index contributed by atoms with van der Waals surface area (Å²) in [5, 5.41) is 12.1. The summed E-state index contributed by atoms with van der Waals surface area (Å²) in [6.07, 6.45) is 1.20. The lowest BCUT2D eigenvalue weighted by atomic mass is 9.83. The van der Waals surface area contributed by atoms with E-state index >= 15 is 0 Å². The number of aliphatic hydroxyl groups is 1. The zero-order valence-corrected chi connectivity index (χ0v) is 12.4. The summed E-state index contributed by atoms with van der Waals surface area (Å²) in [5.41, 5.74) is 1.73. The van der Waals surface area contributed by atoms with Gasteiger partial charge in [0.2, 0.25) is 5.91 Å². The highest BCUT2D eigenvalue weighted by Crippen LogP contribution is 2.23. The molecule has 1 atom stereocenters. The Kier molecular flexibility index (Phi) is 5.55. The predicted octanol–water partition coefficient (Wildman–Crippen LogP) is 2.41. The quantitative estimate of drug-likeness (QED) is 0.828. The first-order chi connectivity index (χ1) is 8.87. The highest BCUT2D eigenvalue weighted by atomic mass is 16.3. The normalized spacial score (nSPS) is 13.1. The van der Waals surface area contributed by atoms with Crippen LogP contribution in [0.5, 0.6) is 0 Å². The molecule has 0 aliphatic heterocycles. The first-order valence-electron chi connectivity index (χ1n) is 6.93. The maximum Gasteiger partial charge on any atom is 0.230 e. The van der Waals surface area contributed by atoms with Gasteiger partial charge >= 0.3 is 0 Å². The van der Waals surface area contributed by atoms with Crippen molar-refractivity contribution in [2.75, 3.05) is 6.54 Å². The van der Waals surface area contributed by atoms with Crippen molar-refractivity contribution in [1.29, 1.82) is 0 Å². The van der Waals surface area contributed by atoms with Gasteiger partial charge in [0.25, 0.3) is 0 Å². The van der Waals surface area contributed by atoms with Crippen LogP contribution in [0.25, 0.3) is 0 Å². The van der Waals surface area contributed by atoms with Crippen molar-refractivity contribution >= 4 is 5.91 Å². The third-order valence-corrected chi connectivity index (χ3v) is 3.50. The minimum absolute atomic E-state index is 0.00241. The van der Waals surface area contributed by atoms with Gasteiger partial charge in [-0.05, 0) is 44.7 Å². The van der Waals surface area contributed by atoms with E-state index in [4.69, 9.17) is 0 Å². The third-order valence-electron chi connectivity index (χ3n) is 3.50. The number of carbonyl (C=O) groups is 1. The van der Waals surface area contributed by atoms with Crippen LogP contribution in [0.4, 0.5) is 0 Å². The molecule has 3 nitrogen and oxygen atoms in total. The van der Waals surface area contributed by atoms with Gasteiger partial charge in [-0.1, -0.05) is 31.2 Å². The van der Waals surface area contributed by atoms with Gasteiger partial charge in [0.05, 0.1) is 11.5 Å². The number of amides is 1. The molecule has 1 unspecified atom stereocenters. The Morgan fingerprint density at radius 2 is 1.89 bits per heavy atom. The van der Waals surface area contributed by atoms with E-state index < -0.39 is 5.41 Å². The Bertz CT molecular complexity index is 407. The van der Waals surface area contributed by atoms with E-state index in [0.29, 0.717) is 13.0 Å². The van der Waals surface area contributed by atoms with Gasteiger partial charge < -0.3 is 10.4 Å². The van der Waals surface area contributed by atoms with Crippen LogP contribution in [-0.4, -0.2) is 23.7 Å². The van der Waals surface area contributed by atoms with E-state index in [1.54, 1.807) is 6.92 Å². The van der Waals surface area contributed by atoms with Gasteiger partial charge in [0.1, 0.15) is 0 Å². The first-order valence-corrected chi connectivity index (χ1v) is 6.93. The molecule has 0 aliphatic rings. The lowest BCUT2D eigenvalue weighted by Gasteiger charge is -2.24. The van der Waals surface area contributed by atoms with Crippen molar-refractivity contribution < 1.29 is 9.90 Å². The molecule has 0 spiro atoms. The van der Waals surface area contributed by atoms with Crippen molar-refractivity contribution in [3.8, 4) is 0 Å². The predicted molar refractivity (Wildman–Crippen MR) is 78.2 cm³/mol. The van der Waals surface area contributed by atoms with Crippen LogP contribution < -0.4 is 5.32 Å². The summed E-state index contributed by atoms with van der Waals surface area (Å²) in [4.78, 5) is 12.2. The Labute approximate surface area is 116 Å². The third kappa shape index (κ3) is 4.35. The smallest absolute Gasteiger partial charge is 0.230 e. The Balaban J connectivity index is 2.69. The number of carbonyl (C=O) groups excluding carboxylic acids is 1. The van der Waals surface area contributed by atoms with Crippen LogP contribution in [0.2, 0.25) is 0 Å². The summed E-state index contributed by atoms with van der Waals surface area (Å²) < 4.78 is 0. The molecule has 0 saturated heterocycles. The fourth-order valence-corrected chi connectivity index (χ4v) is 1.90. The molecule has 0 fully saturated rings. The maximum atomic E-state index is 12.2. The van der Waals surface area contributed by atoms with E-state index in [2.05, 4.69) is 24.4 Å². The average Bonchev–Trinajstić information content (AvgIpc) is 2.38. The number of hydrogen-bond acceptors (Lipinski definition) is 2. The highest BCUT2D eigenvalue weighted by molar-refractivity contribution is 5.87.